The van der Waals surface area contributed by atoms with Gasteiger partial charge in [-0.3, -0.25) is 9.98 Å². The van der Waals surface area contributed by atoms with Crippen molar-refractivity contribution in [1.82, 2.24) is 0 Å². The largest absolute Gasteiger partial charge is 0.255 e. The van der Waals surface area contributed by atoms with Gasteiger partial charge in [-0.25, -0.2) is 0 Å². The molecular formula is C13H14N2. The SMILES string of the molecule is C=CC=NC(=CC)C1=CC=C=C(C)C=N1. The second-order valence-corrected chi connectivity index (χ2v) is 2.99. The summed E-state index contributed by atoms with van der Waals surface area (Å²) in [6.45, 7) is 7.47. The van der Waals surface area contributed by atoms with Crippen LogP contribution in [0.4, 0.5) is 0 Å². The number of nitrogens with zero attached hydrogens (tertiary/aromatic N) is 2. The second kappa shape index (κ2) is 5.74. The Bertz CT molecular complexity index is 425. The topological polar surface area (TPSA) is 24.7 Å². The Morgan fingerprint density at radius 2 is 2.40 bits per heavy atom. The van der Waals surface area contributed by atoms with Gasteiger partial charge in [0.2, 0.25) is 0 Å². The minimum absolute atomic E-state index is 0.832. The molecule has 0 bridgehead atoms. The number of aliphatic imine (C=N–C) groups is 2. The van der Waals surface area contributed by atoms with Crippen LogP contribution in [-0.4, -0.2) is 12.4 Å². The van der Waals surface area contributed by atoms with E-state index in [9.17, 15) is 0 Å². The minimum atomic E-state index is 0.832. The Morgan fingerprint density at radius 1 is 1.60 bits per heavy atom. The van der Waals surface area contributed by atoms with Gasteiger partial charge in [0, 0.05) is 18.0 Å². The Labute approximate surface area is 90.5 Å². The van der Waals surface area contributed by atoms with E-state index in [4.69, 9.17) is 0 Å². The summed E-state index contributed by atoms with van der Waals surface area (Å²) < 4.78 is 0. The zero-order valence-electron chi connectivity index (χ0n) is 9.07. The van der Waals surface area contributed by atoms with Crippen molar-refractivity contribution in [3.63, 3.8) is 0 Å². The third-order valence-electron chi connectivity index (χ3n) is 1.80. The molecule has 0 unspecified atom stereocenters. The molecule has 0 amide bonds. The zero-order chi connectivity index (χ0) is 11.1. The average Bonchev–Trinajstić information content (AvgIpc) is 2.45. The van der Waals surface area contributed by atoms with Crippen LogP contribution in [0.1, 0.15) is 13.8 Å². The van der Waals surface area contributed by atoms with E-state index in [-0.39, 0.29) is 0 Å². The Morgan fingerprint density at radius 3 is 3.07 bits per heavy atom. The summed E-state index contributed by atoms with van der Waals surface area (Å²) in [7, 11) is 0. The van der Waals surface area contributed by atoms with E-state index in [1.165, 1.54) is 0 Å². The first-order valence-electron chi connectivity index (χ1n) is 4.77. The summed E-state index contributed by atoms with van der Waals surface area (Å²) >= 11 is 0. The Kier molecular flexibility index (Phi) is 4.27. The van der Waals surface area contributed by atoms with Crippen molar-refractivity contribution in [2.24, 2.45) is 9.98 Å². The molecule has 76 valence electrons. The average molecular weight is 198 g/mol. The van der Waals surface area contributed by atoms with Gasteiger partial charge >= 0.3 is 0 Å². The summed E-state index contributed by atoms with van der Waals surface area (Å²) in [5.74, 6) is 0. The molecule has 0 aliphatic carbocycles. The highest BCUT2D eigenvalue weighted by Gasteiger charge is 2.00. The van der Waals surface area contributed by atoms with Gasteiger partial charge in [0.25, 0.3) is 0 Å². The van der Waals surface area contributed by atoms with E-state index in [0.29, 0.717) is 0 Å². The second-order valence-electron chi connectivity index (χ2n) is 2.99. The number of rotatable bonds is 3. The summed E-state index contributed by atoms with van der Waals surface area (Å²) in [6, 6.07) is 0. The van der Waals surface area contributed by atoms with E-state index in [1.54, 1.807) is 18.5 Å². The highest BCUT2D eigenvalue weighted by atomic mass is 14.8. The van der Waals surface area contributed by atoms with E-state index >= 15 is 0 Å². The van der Waals surface area contributed by atoms with Gasteiger partial charge < -0.3 is 0 Å². The highest BCUT2D eigenvalue weighted by Crippen LogP contribution is 2.14. The molecule has 0 aromatic rings. The lowest BCUT2D eigenvalue weighted by Crippen LogP contribution is -1.85. The molecule has 15 heavy (non-hydrogen) atoms. The van der Waals surface area contributed by atoms with Crippen molar-refractivity contribution in [1.29, 1.82) is 0 Å². The summed E-state index contributed by atoms with van der Waals surface area (Å²) in [4.78, 5) is 8.55. The van der Waals surface area contributed by atoms with Gasteiger partial charge in [0.05, 0.1) is 11.4 Å². The van der Waals surface area contributed by atoms with Crippen LogP contribution >= 0.6 is 0 Å². The van der Waals surface area contributed by atoms with E-state index < -0.39 is 0 Å². The van der Waals surface area contributed by atoms with Crippen molar-refractivity contribution in [3.8, 4) is 0 Å². The first kappa shape index (κ1) is 11.2. The Hall–Kier alpha value is -1.92. The number of allylic oxidation sites excluding steroid dienone is 4. The van der Waals surface area contributed by atoms with Crippen molar-refractivity contribution in [2.45, 2.75) is 13.8 Å². The normalized spacial score (nSPS) is 16.3. The van der Waals surface area contributed by atoms with Crippen LogP contribution in [0, 0.1) is 0 Å². The molecule has 0 fully saturated rings. The molecule has 0 radical (unpaired) electrons. The standard InChI is InChI=1S/C13H14N2/c1-4-9-14-12(5-2)13-8-6-7-11(3)10-15-13/h4-6,8-10H,1H2,2-3H3. The van der Waals surface area contributed by atoms with E-state index in [2.05, 4.69) is 22.3 Å². The lowest BCUT2D eigenvalue weighted by molar-refractivity contribution is 1.24. The molecule has 1 aliphatic rings. The summed E-state index contributed by atoms with van der Waals surface area (Å²) in [5, 5.41) is 0. The number of hydrogen-bond acceptors (Lipinski definition) is 2. The van der Waals surface area contributed by atoms with Crippen LogP contribution in [0.2, 0.25) is 0 Å². The fourth-order valence-corrected chi connectivity index (χ4v) is 1.07. The zero-order valence-corrected chi connectivity index (χ0v) is 9.07. The smallest absolute Gasteiger partial charge is 0.0889 e. The summed E-state index contributed by atoms with van der Waals surface area (Å²) in [5.41, 5.74) is 5.75. The van der Waals surface area contributed by atoms with Gasteiger partial charge in [0.15, 0.2) is 0 Å². The maximum Gasteiger partial charge on any atom is 0.0889 e. The molecule has 2 nitrogen and oxygen atoms in total. The van der Waals surface area contributed by atoms with E-state index in [0.717, 1.165) is 17.0 Å². The van der Waals surface area contributed by atoms with Gasteiger partial charge in [-0.1, -0.05) is 18.7 Å². The maximum absolute atomic E-state index is 4.32. The van der Waals surface area contributed by atoms with Crippen molar-refractivity contribution < 1.29 is 0 Å². The lowest BCUT2D eigenvalue weighted by Gasteiger charge is -1.99. The van der Waals surface area contributed by atoms with E-state index in [1.807, 2.05) is 32.1 Å². The van der Waals surface area contributed by atoms with Crippen LogP contribution in [0.3, 0.4) is 0 Å². The van der Waals surface area contributed by atoms with Crippen LogP contribution in [0.25, 0.3) is 0 Å². The maximum atomic E-state index is 4.32. The van der Waals surface area contributed by atoms with Crippen LogP contribution in [0.15, 0.2) is 63.6 Å². The van der Waals surface area contributed by atoms with Crippen molar-refractivity contribution in [3.05, 3.63) is 53.6 Å². The molecule has 0 spiro atoms. The monoisotopic (exact) mass is 198 g/mol. The third kappa shape index (κ3) is 3.37. The van der Waals surface area contributed by atoms with Crippen LogP contribution in [-0.2, 0) is 0 Å². The summed E-state index contributed by atoms with van der Waals surface area (Å²) in [6.07, 6.45) is 10.7. The molecule has 0 aromatic heterocycles. The predicted octanol–water partition coefficient (Wildman–Crippen LogP) is 3.22. The highest BCUT2D eigenvalue weighted by molar-refractivity contribution is 5.80. The van der Waals surface area contributed by atoms with Gasteiger partial charge in [-0.2, -0.15) is 0 Å². The van der Waals surface area contributed by atoms with Crippen LogP contribution < -0.4 is 0 Å². The fraction of sp³-hybridized carbons (Fsp3) is 0.154. The third-order valence-corrected chi connectivity index (χ3v) is 1.80. The minimum Gasteiger partial charge on any atom is -0.255 e. The molecule has 0 N–H and O–H groups in total. The van der Waals surface area contributed by atoms with Gasteiger partial charge in [-0.05, 0) is 26.0 Å². The molecule has 0 saturated heterocycles. The Balaban J connectivity index is 2.96. The lowest BCUT2D eigenvalue weighted by atomic mass is 10.3. The van der Waals surface area contributed by atoms with Gasteiger partial charge in [-0.15, -0.1) is 5.73 Å². The predicted molar refractivity (Wildman–Crippen MR) is 66.3 cm³/mol. The molecule has 0 atom stereocenters. The first-order valence-corrected chi connectivity index (χ1v) is 4.77. The van der Waals surface area contributed by atoms with Crippen molar-refractivity contribution in [2.75, 3.05) is 0 Å². The number of hydrogen-bond donors (Lipinski definition) is 0. The molecule has 1 rings (SSSR count). The first-order chi connectivity index (χ1) is 7.27. The fourth-order valence-electron chi connectivity index (χ4n) is 1.07. The quantitative estimate of drug-likeness (QED) is 0.491. The molecule has 0 saturated carbocycles. The molecule has 0 aromatic carbocycles. The molecule has 1 heterocycles. The van der Waals surface area contributed by atoms with Crippen molar-refractivity contribution >= 4 is 12.4 Å². The molecule has 1 aliphatic heterocycles. The molecular weight excluding hydrogens is 184 g/mol. The van der Waals surface area contributed by atoms with Crippen LogP contribution in [0.5, 0.6) is 0 Å². The molecule has 2 heteroatoms. The van der Waals surface area contributed by atoms with Gasteiger partial charge in [0.1, 0.15) is 0 Å².